The minimum atomic E-state index is -1.15. The molecule has 0 fully saturated rings. The van der Waals surface area contributed by atoms with E-state index in [4.69, 9.17) is 11.6 Å². The molecule has 166 valence electrons. The number of imide groups is 1. The fraction of sp³-hybridized carbons (Fsp3) is 0.154. The van der Waals surface area contributed by atoms with Crippen molar-refractivity contribution in [2.75, 3.05) is 6.54 Å². The van der Waals surface area contributed by atoms with Crippen molar-refractivity contribution >= 4 is 35.2 Å². The molecule has 3 aromatic carbocycles. The first-order valence-corrected chi connectivity index (χ1v) is 10.8. The number of halogens is 1. The molecule has 7 heteroatoms. The van der Waals surface area contributed by atoms with Gasteiger partial charge in [0.15, 0.2) is 5.78 Å². The van der Waals surface area contributed by atoms with Gasteiger partial charge in [0.1, 0.15) is 0 Å². The summed E-state index contributed by atoms with van der Waals surface area (Å²) in [6.45, 7) is -0.0674. The topological polar surface area (TPSA) is 91.8 Å². The Kier molecular flexibility index (Phi) is 6.38. The van der Waals surface area contributed by atoms with Gasteiger partial charge in [-0.15, -0.1) is 0 Å². The van der Waals surface area contributed by atoms with E-state index in [0.29, 0.717) is 21.7 Å². The van der Waals surface area contributed by atoms with Crippen LogP contribution in [0.5, 0.6) is 0 Å². The third kappa shape index (κ3) is 4.56. The maximum absolute atomic E-state index is 12.7. The lowest BCUT2D eigenvalue weighted by Gasteiger charge is -2.17. The molecule has 0 aliphatic carbocycles. The highest BCUT2D eigenvalue weighted by Crippen LogP contribution is 2.28. The van der Waals surface area contributed by atoms with Gasteiger partial charge in [0, 0.05) is 29.1 Å². The summed E-state index contributed by atoms with van der Waals surface area (Å²) >= 11 is 6.22. The van der Waals surface area contributed by atoms with Gasteiger partial charge >= 0.3 is 5.97 Å². The third-order valence-corrected chi connectivity index (χ3v) is 6.08. The lowest BCUT2D eigenvalue weighted by molar-refractivity contribution is -0.142. The average molecular weight is 462 g/mol. The summed E-state index contributed by atoms with van der Waals surface area (Å²) in [5.74, 6) is -3.38. The lowest BCUT2D eigenvalue weighted by Crippen LogP contribution is -2.33. The fourth-order valence-electron chi connectivity index (χ4n) is 3.91. The number of hydrogen-bond donors (Lipinski definition) is 1. The molecule has 4 rings (SSSR count). The SMILES string of the molecule is O=C(C[C@H](CCN1C(=O)c2ccccc2C1=O)C(=O)O)c1ccc(-c2ccccc2Cl)cc1. The van der Waals surface area contributed by atoms with Gasteiger partial charge in [-0.3, -0.25) is 24.1 Å². The summed E-state index contributed by atoms with van der Waals surface area (Å²) < 4.78 is 0. The molecule has 33 heavy (non-hydrogen) atoms. The van der Waals surface area contributed by atoms with Crippen molar-refractivity contribution in [2.24, 2.45) is 5.92 Å². The first kappa shape index (κ1) is 22.4. The maximum Gasteiger partial charge on any atom is 0.307 e. The normalized spacial score (nSPS) is 13.7. The van der Waals surface area contributed by atoms with Gasteiger partial charge in [-0.05, 0) is 30.2 Å². The number of amides is 2. The molecule has 6 nitrogen and oxygen atoms in total. The number of Topliss-reactive ketones (excluding diaryl/α,β-unsaturated/α-hetero) is 1. The second-order valence-corrected chi connectivity index (χ2v) is 8.22. The predicted molar refractivity (Wildman–Crippen MR) is 123 cm³/mol. The van der Waals surface area contributed by atoms with Crippen LogP contribution in [-0.4, -0.2) is 40.1 Å². The number of carbonyl (C=O) groups excluding carboxylic acids is 3. The van der Waals surface area contributed by atoms with Crippen molar-refractivity contribution in [3.8, 4) is 11.1 Å². The van der Waals surface area contributed by atoms with Crippen LogP contribution in [0, 0.1) is 5.92 Å². The van der Waals surface area contributed by atoms with Crippen LogP contribution in [0.1, 0.15) is 43.9 Å². The van der Waals surface area contributed by atoms with Crippen LogP contribution in [0.2, 0.25) is 5.02 Å². The Morgan fingerprint density at radius 2 is 1.36 bits per heavy atom. The molecule has 0 bridgehead atoms. The van der Waals surface area contributed by atoms with Gasteiger partial charge in [0.2, 0.25) is 0 Å². The summed E-state index contributed by atoms with van der Waals surface area (Å²) in [6.07, 6.45) is -0.242. The minimum absolute atomic E-state index is 0.00967. The van der Waals surface area contributed by atoms with Crippen molar-refractivity contribution < 1.29 is 24.3 Å². The first-order valence-electron chi connectivity index (χ1n) is 10.4. The standard InChI is InChI=1S/C26H20ClNO5/c27-22-8-4-3-5-19(22)16-9-11-17(12-10-16)23(29)15-18(26(32)33)13-14-28-24(30)20-6-1-2-7-21(20)25(28)31/h1-12,18H,13-15H2,(H,32,33)/t18-/m0/s1. The summed E-state index contributed by atoms with van der Waals surface area (Å²) in [7, 11) is 0. The molecule has 0 aromatic heterocycles. The smallest absolute Gasteiger partial charge is 0.307 e. The number of ketones is 1. The zero-order valence-electron chi connectivity index (χ0n) is 17.5. The van der Waals surface area contributed by atoms with Gasteiger partial charge in [-0.25, -0.2) is 0 Å². The second-order valence-electron chi connectivity index (χ2n) is 7.82. The number of carbonyl (C=O) groups is 4. The average Bonchev–Trinajstić information content (AvgIpc) is 3.06. The highest BCUT2D eigenvalue weighted by molar-refractivity contribution is 6.33. The van der Waals surface area contributed by atoms with Crippen LogP contribution in [0.25, 0.3) is 11.1 Å². The molecule has 0 saturated heterocycles. The maximum atomic E-state index is 12.7. The first-order chi connectivity index (χ1) is 15.9. The molecule has 1 aliphatic rings. The van der Waals surface area contributed by atoms with E-state index in [1.165, 1.54) is 0 Å². The zero-order chi connectivity index (χ0) is 23.5. The number of hydrogen-bond acceptors (Lipinski definition) is 4. The number of fused-ring (bicyclic) bond motifs is 1. The Hall–Kier alpha value is -3.77. The molecule has 1 heterocycles. The summed E-state index contributed by atoms with van der Waals surface area (Å²) in [6, 6.07) is 20.7. The molecular weight excluding hydrogens is 442 g/mol. The van der Waals surface area contributed by atoms with Crippen LogP contribution in [0.15, 0.2) is 72.8 Å². The summed E-state index contributed by atoms with van der Waals surface area (Å²) in [4.78, 5) is 50.5. The van der Waals surface area contributed by atoms with Crippen molar-refractivity contribution in [1.82, 2.24) is 4.90 Å². The van der Waals surface area contributed by atoms with E-state index in [9.17, 15) is 24.3 Å². The van der Waals surface area contributed by atoms with Gasteiger partial charge in [0.05, 0.1) is 17.0 Å². The second kappa shape index (κ2) is 9.38. The lowest BCUT2D eigenvalue weighted by atomic mass is 9.94. The van der Waals surface area contributed by atoms with E-state index in [-0.39, 0.29) is 25.2 Å². The van der Waals surface area contributed by atoms with Gasteiger partial charge in [-0.1, -0.05) is 66.2 Å². The van der Waals surface area contributed by atoms with Crippen LogP contribution in [0.3, 0.4) is 0 Å². The molecule has 0 unspecified atom stereocenters. The largest absolute Gasteiger partial charge is 0.481 e. The van der Waals surface area contributed by atoms with E-state index in [2.05, 4.69) is 0 Å². The summed E-state index contributed by atoms with van der Waals surface area (Å²) in [5, 5.41) is 10.2. The molecule has 2 amide bonds. The van der Waals surface area contributed by atoms with Crippen molar-refractivity contribution in [3.05, 3.63) is 94.5 Å². The predicted octanol–water partition coefficient (Wildman–Crippen LogP) is 4.97. The van der Waals surface area contributed by atoms with Crippen LogP contribution >= 0.6 is 11.6 Å². The molecule has 1 aliphatic heterocycles. The number of carboxylic acid groups (broad SMARTS) is 1. The number of benzene rings is 3. The van der Waals surface area contributed by atoms with E-state index in [0.717, 1.165) is 16.0 Å². The number of rotatable bonds is 8. The van der Waals surface area contributed by atoms with E-state index in [1.54, 1.807) is 54.6 Å². The van der Waals surface area contributed by atoms with Crippen molar-refractivity contribution in [3.63, 3.8) is 0 Å². The Morgan fingerprint density at radius 1 is 0.818 bits per heavy atom. The molecule has 1 atom stereocenters. The summed E-state index contributed by atoms with van der Waals surface area (Å²) in [5.41, 5.74) is 2.69. The molecule has 3 aromatic rings. The molecule has 0 radical (unpaired) electrons. The van der Waals surface area contributed by atoms with E-state index >= 15 is 0 Å². The highest BCUT2D eigenvalue weighted by atomic mass is 35.5. The number of carboxylic acids is 1. The molecule has 0 spiro atoms. The zero-order valence-corrected chi connectivity index (χ0v) is 18.3. The monoisotopic (exact) mass is 461 g/mol. The number of aliphatic carboxylic acids is 1. The molecule has 1 N–H and O–H groups in total. The number of nitrogens with zero attached hydrogens (tertiary/aromatic N) is 1. The van der Waals surface area contributed by atoms with Crippen LogP contribution < -0.4 is 0 Å². The van der Waals surface area contributed by atoms with Crippen molar-refractivity contribution in [2.45, 2.75) is 12.8 Å². The highest BCUT2D eigenvalue weighted by Gasteiger charge is 2.35. The van der Waals surface area contributed by atoms with Crippen molar-refractivity contribution in [1.29, 1.82) is 0 Å². The van der Waals surface area contributed by atoms with Gasteiger partial charge in [-0.2, -0.15) is 0 Å². The Morgan fingerprint density at radius 3 is 1.91 bits per heavy atom. The quantitative estimate of drug-likeness (QED) is 0.378. The molecule has 0 saturated carbocycles. The third-order valence-electron chi connectivity index (χ3n) is 5.75. The van der Waals surface area contributed by atoms with Gasteiger partial charge < -0.3 is 5.11 Å². The Balaban J connectivity index is 1.42. The molecular formula is C26H20ClNO5. The van der Waals surface area contributed by atoms with Crippen LogP contribution in [-0.2, 0) is 4.79 Å². The van der Waals surface area contributed by atoms with Gasteiger partial charge in [0.25, 0.3) is 11.8 Å². The van der Waals surface area contributed by atoms with E-state index in [1.807, 2.05) is 18.2 Å². The Labute approximate surface area is 195 Å². The van der Waals surface area contributed by atoms with Crippen LogP contribution in [0.4, 0.5) is 0 Å². The Bertz CT molecular complexity index is 1220. The minimum Gasteiger partial charge on any atom is -0.481 e. The van der Waals surface area contributed by atoms with E-state index < -0.39 is 23.7 Å². The fourth-order valence-corrected chi connectivity index (χ4v) is 4.16.